The number of rotatable bonds is 7. The van der Waals surface area contributed by atoms with Gasteiger partial charge in [0.25, 0.3) is 0 Å². The lowest BCUT2D eigenvalue weighted by molar-refractivity contribution is 0.130. The van der Waals surface area contributed by atoms with Gasteiger partial charge in [-0.1, -0.05) is 55.8 Å². The summed E-state index contributed by atoms with van der Waals surface area (Å²) >= 11 is 0. The molecule has 2 aliphatic heterocycles. The van der Waals surface area contributed by atoms with E-state index in [1.54, 1.807) is 0 Å². The second kappa shape index (κ2) is 8.70. The van der Waals surface area contributed by atoms with Crippen LogP contribution in [0.3, 0.4) is 0 Å². The summed E-state index contributed by atoms with van der Waals surface area (Å²) in [7, 11) is 0. The van der Waals surface area contributed by atoms with Gasteiger partial charge in [0.2, 0.25) is 0 Å². The van der Waals surface area contributed by atoms with Gasteiger partial charge in [0.1, 0.15) is 11.5 Å². The second-order valence-electron chi connectivity index (χ2n) is 7.69. The van der Waals surface area contributed by atoms with Crippen LogP contribution in [0.1, 0.15) is 50.0 Å². The van der Waals surface area contributed by atoms with E-state index in [2.05, 4.69) is 54.0 Å². The van der Waals surface area contributed by atoms with Gasteiger partial charge in [0, 0.05) is 24.4 Å². The summed E-state index contributed by atoms with van der Waals surface area (Å²) in [6.07, 6.45) is 1.94. The van der Waals surface area contributed by atoms with Crippen molar-refractivity contribution in [3.8, 4) is 5.75 Å². The van der Waals surface area contributed by atoms with Crippen molar-refractivity contribution in [1.82, 2.24) is 10.6 Å². The molecule has 2 N–H and O–H groups in total. The van der Waals surface area contributed by atoms with Crippen LogP contribution in [0, 0.1) is 5.92 Å². The number of ether oxygens (including phenoxy) is 2. The van der Waals surface area contributed by atoms with Gasteiger partial charge in [-0.3, -0.25) is 0 Å². The zero-order chi connectivity index (χ0) is 19.3. The summed E-state index contributed by atoms with van der Waals surface area (Å²) in [5, 5.41) is 6.99. The maximum Gasteiger partial charge on any atom is 0.195 e. The number of hydrogen-bond donors (Lipinski definition) is 2. The highest BCUT2D eigenvalue weighted by molar-refractivity contribution is 5.31. The molecular formula is C24H30N2O2. The van der Waals surface area contributed by atoms with Crippen LogP contribution in [-0.4, -0.2) is 19.7 Å². The van der Waals surface area contributed by atoms with Gasteiger partial charge in [0.15, 0.2) is 6.23 Å². The molecule has 4 rings (SSSR count). The van der Waals surface area contributed by atoms with Crippen molar-refractivity contribution in [3.05, 3.63) is 77.2 Å². The molecular weight excluding hydrogens is 348 g/mol. The van der Waals surface area contributed by atoms with E-state index in [4.69, 9.17) is 9.47 Å². The number of nitrogens with one attached hydrogen (secondary N) is 2. The zero-order valence-corrected chi connectivity index (χ0v) is 16.8. The summed E-state index contributed by atoms with van der Waals surface area (Å²) in [6, 6.07) is 18.9. The molecule has 1 fully saturated rings. The molecule has 28 heavy (non-hydrogen) atoms. The SMILES string of the molecule is CC[C@H]1CNC[C@H]1c1ccc(OCCC2=C(C)OC(c3ccccc3)N2)cc1. The van der Waals surface area contributed by atoms with E-state index in [0.29, 0.717) is 12.5 Å². The van der Waals surface area contributed by atoms with Crippen LogP contribution in [0.5, 0.6) is 5.75 Å². The third-order valence-electron chi connectivity index (χ3n) is 5.92. The molecule has 2 aromatic rings. The smallest absolute Gasteiger partial charge is 0.195 e. The van der Waals surface area contributed by atoms with Crippen molar-refractivity contribution in [2.24, 2.45) is 5.92 Å². The lowest BCUT2D eigenvalue weighted by Crippen LogP contribution is -2.16. The van der Waals surface area contributed by atoms with E-state index in [-0.39, 0.29) is 6.23 Å². The molecule has 2 aliphatic rings. The first-order chi connectivity index (χ1) is 13.7. The lowest BCUT2D eigenvalue weighted by atomic mass is 9.87. The summed E-state index contributed by atoms with van der Waals surface area (Å²) in [6.45, 7) is 7.14. The van der Waals surface area contributed by atoms with Crippen molar-refractivity contribution in [2.75, 3.05) is 19.7 Å². The summed E-state index contributed by atoms with van der Waals surface area (Å²) in [5.74, 6) is 3.25. The standard InChI is InChI=1S/C24H30N2O2/c1-3-18-15-25-16-22(18)19-9-11-21(12-10-19)27-14-13-23-17(2)28-24(26-23)20-7-5-4-6-8-20/h4-12,18,22,24-26H,3,13-16H2,1-2H3/t18-,22+,24?/m0/s1. The van der Waals surface area contributed by atoms with Crippen molar-refractivity contribution < 1.29 is 9.47 Å². The maximum atomic E-state index is 5.98. The molecule has 2 aromatic carbocycles. The molecule has 0 radical (unpaired) electrons. The molecule has 2 heterocycles. The third-order valence-corrected chi connectivity index (χ3v) is 5.92. The van der Waals surface area contributed by atoms with E-state index in [1.807, 2.05) is 25.1 Å². The fourth-order valence-electron chi connectivity index (χ4n) is 4.20. The molecule has 0 aliphatic carbocycles. The Morgan fingerprint density at radius 2 is 1.79 bits per heavy atom. The van der Waals surface area contributed by atoms with E-state index in [9.17, 15) is 0 Å². The van der Waals surface area contributed by atoms with Gasteiger partial charge in [0.05, 0.1) is 12.3 Å². The Morgan fingerprint density at radius 1 is 1.00 bits per heavy atom. The van der Waals surface area contributed by atoms with Gasteiger partial charge >= 0.3 is 0 Å². The molecule has 4 nitrogen and oxygen atoms in total. The monoisotopic (exact) mass is 378 g/mol. The van der Waals surface area contributed by atoms with E-state index in [0.717, 1.165) is 48.2 Å². The summed E-state index contributed by atoms with van der Waals surface area (Å²) < 4.78 is 11.9. The van der Waals surface area contributed by atoms with Gasteiger partial charge in [-0.25, -0.2) is 0 Å². The minimum absolute atomic E-state index is 0.0954. The second-order valence-corrected chi connectivity index (χ2v) is 7.69. The Bertz CT molecular complexity index is 801. The number of allylic oxidation sites excluding steroid dienone is 1. The molecule has 1 saturated heterocycles. The van der Waals surface area contributed by atoms with E-state index in [1.165, 1.54) is 12.0 Å². The van der Waals surface area contributed by atoms with Crippen molar-refractivity contribution in [1.29, 1.82) is 0 Å². The molecule has 3 atom stereocenters. The topological polar surface area (TPSA) is 42.5 Å². The van der Waals surface area contributed by atoms with Crippen LogP contribution < -0.4 is 15.4 Å². The Hall–Kier alpha value is -2.46. The minimum atomic E-state index is -0.0954. The van der Waals surface area contributed by atoms with Crippen molar-refractivity contribution in [2.45, 2.75) is 38.8 Å². The molecule has 0 saturated carbocycles. The molecule has 4 heteroatoms. The Kier molecular flexibility index (Phi) is 5.87. The van der Waals surface area contributed by atoms with Crippen molar-refractivity contribution in [3.63, 3.8) is 0 Å². The highest BCUT2D eigenvalue weighted by atomic mass is 16.5. The third kappa shape index (κ3) is 4.17. The molecule has 0 aromatic heterocycles. The van der Waals surface area contributed by atoms with Gasteiger partial charge in [-0.15, -0.1) is 0 Å². The highest BCUT2D eigenvalue weighted by Gasteiger charge is 2.26. The number of hydrogen-bond acceptors (Lipinski definition) is 4. The first kappa shape index (κ1) is 18.9. The van der Waals surface area contributed by atoms with Gasteiger partial charge < -0.3 is 20.1 Å². The van der Waals surface area contributed by atoms with Crippen LogP contribution in [0.25, 0.3) is 0 Å². The highest BCUT2D eigenvalue weighted by Crippen LogP contribution is 2.31. The zero-order valence-electron chi connectivity index (χ0n) is 16.8. The van der Waals surface area contributed by atoms with Gasteiger partial charge in [-0.2, -0.15) is 0 Å². The fraction of sp³-hybridized carbons (Fsp3) is 0.417. The predicted octanol–water partition coefficient (Wildman–Crippen LogP) is 4.72. The van der Waals surface area contributed by atoms with Crippen molar-refractivity contribution >= 4 is 0 Å². The van der Waals surface area contributed by atoms with Crippen LogP contribution >= 0.6 is 0 Å². The normalized spacial score (nSPS) is 24.1. The molecule has 1 unspecified atom stereocenters. The van der Waals surface area contributed by atoms with E-state index >= 15 is 0 Å². The average molecular weight is 379 g/mol. The molecule has 0 bridgehead atoms. The van der Waals surface area contributed by atoms with E-state index < -0.39 is 0 Å². The molecule has 0 spiro atoms. The van der Waals surface area contributed by atoms with Gasteiger partial charge in [-0.05, 0) is 37.1 Å². The number of benzene rings is 2. The average Bonchev–Trinajstić information content (AvgIpc) is 3.36. The fourth-order valence-corrected chi connectivity index (χ4v) is 4.20. The Morgan fingerprint density at radius 3 is 2.54 bits per heavy atom. The van der Waals surface area contributed by atoms with Crippen LogP contribution in [0.4, 0.5) is 0 Å². The first-order valence-corrected chi connectivity index (χ1v) is 10.4. The van der Waals surface area contributed by atoms with Crippen LogP contribution in [0.15, 0.2) is 66.1 Å². The van der Waals surface area contributed by atoms with Crippen LogP contribution in [-0.2, 0) is 4.74 Å². The lowest BCUT2D eigenvalue weighted by Gasteiger charge is -2.17. The quantitative estimate of drug-likeness (QED) is 0.732. The summed E-state index contributed by atoms with van der Waals surface area (Å²) in [5.41, 5.74) is 3.67. The Labute approximate surface area is 167 Å². The largest absolute Gasteiger partial charge is 0.493 e. The Balaban J connectivity index is 1.28. The first-order valence-electron chi connectivity index (χ1n) is 10.4. The minimum Gasteiger partial charge on any atom is -0.493 e. The maximum absolute atomic E-state index is 5.98. The molecule has 0 amide bonds. The van der Waals surface area contributed by atoms with Crippen LogP contribution in [0.2, 0.25) is 0 Å². The molecule has 148 valence electrons. The summed E-state index contributed by atoms with van der Waals surface area (Å²) in [4.78, 5) is 0. The predicted molar refractivity (Wildman–Crippen MR) is 112 cm³/mol.